The molecule has 2 aromatic rings. The minimum absolute atomic E-state index is 0.148. The highest BCUT2D eigenvalue weighted by atomic mass is 32.2. The predicted molar refractivity (Wildman–Crippen MR) is 75.9 cm³/mol. The van der Waals surface area contributed by atoms with Crippen molar-refractivity contribution >= 4 is 10.1 Å². The Labute approximate surface area is 126 Å². The van der Waals surface area contributed by atoms with E-state index < -0.39 is 15.2 Å². The molecular weight excluding hydrogens is 310 g/mol. The van der Waals surface area contributed by atoms with E-state index in [1.54, 1.807) is 6.92 Å². The van der Waals surface area contributed by atoms with Crippen LogP contribution in [0.1, 0.15) is 22.8 Å². The molecule has 1 aliphatic rings. The number of aryl methyl sites for hydroxylation is 1. The molecule has 0 bridgehead atoms. The molecule has 0 saturated carbocycles. The average molecular weight is 325 g/mol. The van der Waals surface area contributed by atoms with Gasteiger partial charge in [0.1, 0.15) is 11.6 Å². The third kappa shape index (κ3) is 2.96. The molecule has 0 radical (unpaired) electrons. The van der Waals surface area contributed by atoms with Crippen molar-refractivity contribution in [2.24, 2.45) is 0 Å². The zero-order valence-corrected chi connectivity index (χ0v) is 12.7. The molecule has 118 valence electrons. The van der Waals surface area contributed by atoms with Gasteiger partial charge in [-0.15, -0.1) is 0 Å². The number of fused-ring (bicyclic) bond motifs is 1. The van der Waals surface area contributed by atoms with E-state index in [1.165, 1.54) is 12.1 Å². The predicted octanol–water partition coefficient (Wildman–Crippen LogP) is 0.476. The standard InChI is InChI=1S/C13H15N3O5S/c1-8-14-11-4-5-16(7-10(11)13(17)15-8)6-9-2-3-12(21-9)22(18,19)20/h2-3H,4-7H2,1H3,(H,14,15,17)(H,18,19,20). The molecule has 2 N–H and O–H groups in total. The topological polar surface area (TPSA) is 116 Å². The highest BCUT2D eigenvalue weighted by Crippen LogP contribution is 2.19. The van der Waals surface area contributed by atoms with Gasteiger partial charge in [-0.05, 0) is 19.1 Å². The van der Waals surface area contributed by atoms with E-state index in [0.29, 0.717) is 43.2 Å². The van der Waals surface area contributed by atoms with Crippen molar-refractivity contribution in [3.05, 3.63) is 45.3 Å². The van der Waals surface area contributed by atoms with Crippen LogP contribution in [0.5, 0.6) is 0 Å². The molecule has 2 aromatic heterocycles. The molecule has 0 amide bonds. The molecule has 0 spiro atoms. The van der Waals surface area contributed by atoms with Gasteiger partial charge in [-0.25, -0.2) is 4.98 Å². The van der Waals surface area contributed by atoms with Gasteiger partial charge in [-0.3, -0.25) is 14.2 Å². The first kappa shape index (κ1) is 14.9. The Morgan fingerprint density at radius 1 is 1.45 bits per heavy atom. The molecule has 22 heavy (non-hydrogen) atoms. The van der Waals surface area contributed by atoms with Crippen LogP contribution in [-0.2, 0) is 29.6 Å². The Balaban J connectivity index is 1.78. The third-order valence-electron chi connectivity index (χ3n) is 3.54. The normalized spacial score (nSPS) is 15.7. The zero-order chi connectivity index (χ0) is 15.9. The molecule has 3 heterocycles. The number of nitrogens with one attached hydrogen (secondary N) is 1. The molecule has 1 aliphatic heterocycles. The molecule has 0 fully saturated rings. The Hall–Kier alpha value is -1.97. The quantitative estimate of drug-likeness (QED) is 0.788. The third-order valence-corrected chi connectivity index (χ3v) is 4.26. The first-order valence-electron chi connectivity index (χ1n) is 6.70. The molecule has 9 heteroatoms. The van der Waals surface area contributed by atoms with Crippen LogP contribution in [-0.4, -0.2) is 34.4 Å². The van der Waals surface area contributed by atoms with Crippen LogP contribution >= 0.6 is 0 Å². The van der Waals surface area contributed by atoms with Crippen molar-refractivity contribution < 1.29 is 17.4 Å². The summed E-state index contributed by atoms with van der Waals surface area (Å²) in [4.78, 5) is 20.9. The van der Waals surface area contributed by atoms with Crippen molar-refractivity contribution in [3.63, 3.8) is 0 Å². The minimum atomic E-state index is -4.33. The first-order valence-corrected chi connectivity index (χ1v) is 8.14. The highest BCUT2D eigenvalue weighted by Gasteiger charge is 2.22. The number of nitrogens with zero attached hydrogens (tertiary/aromatic N) is 2. The Kier molecular flexibility index (Phi) is 3.63. The van der Waals surface area contributed by atoms with E-state index in [9.17, 15) is 13.2 Å². The second kappa shape index (κ2) is 5.34. The minimum Gasteiger partial charge on any atom is -0.446 e. The highest BCUT2D eigenvalue weighted by molar-refractivity contribution is 7.85. The summed E-state index contributed by atoms with van der Waals surface area (Å²) in [6.45, 7) is 3.20. The fourth-order valence-electron chi connectivity index (χ4n) is 2.54. The number of furan rings is 1. The molecule has 0 saturated heterocycles. The van der Waals surface area contributed by atoms with Crippen molar-refractivity contribution in [1.82, 2.24) is 14.9 Å². The fourth-order valence-corrected chi connectivity index (χ4v) is 2.99. The summed E-state index contributed by atoms with van der Waals surface area (Å²) in [6.07, 6.45) is 0.645. The lowest BCUT2D eigenvalue weighted by Gasteiger charge is -2.26. The average Bonchev–Trinajstić information content (AvgIpc) is 2.88. The Morgan fingerprint density at radius 2 is 2.23 bits per heavy atom. The Morgan fingerprint density at radius 3 is 2.91 bits per heavy atom. The number of H-pyrrole nitrogens is 1. The van der Waals surface area contributed by atoms with Crippen LogP contribution < -0.4 is 5.56 Å². The van der Waals surface area contributed by atoms with Crippen LogP contribution in [0.2, 0.25) is 0 Å². The van der Waals surface area contributed by atoms with Gasteiger partial charge < -0.3 is 9.40 Å². The van der Waals surface area contributed by atoms with Crippen molar-refractivity contribution in [1.29, 1.82) is 0 Å². The molecule has 0 aromatic carbocycles. The van der Waals surface area contributed by atoms with Gasteiger partial charge in [-0.1, -0.05) is 0 Å². The summed E-state index contributed by atoms with van der Waals surface area (Å²) in [5.74, 6) is 1.01. The summed E-state index contributed by atoms with van der Waals surface area (Å²) in [7, 11) is -4.33. The molecule has 0 unspecified atom stereocenters. The smallest absolute Gasteiger partial charge is 0.328 e. The van der Waals surface area contributed by atoms with Crippen LogP contribution in [0.3, 0.4) is 0 Å². The Bertz CT molecular complexity index is 868. The number of rotatable bonds is 3. The number of aromatic amines is 1. The zero-order valence-electron chi connectivity index (χ0n) is 11.9. The summed E-state index contributed by atoms with van der Waals surface area (Å²) in [5.41, 5.74) is 1.28. The SMILES string of the molecule is Cc1nc2c(c(=O)[nH]1)CN(Cc1ccc(S(=O)(=O)O)o1)CC2. The fraction of sp³-hybridized carbons (Fsp3) is 0.385. The molecule has 0 atom stereocenters. The van der Waals surface area contributed by atoms with E-state index in [-0.39, 0.29) is 5.56 Å². The van der Waals surface area contributed by atoms with E-state index >= 15 is 0 Å². The number of hydrogen-bond donors (Lipinski definition) is 2. The number of hydrogen-bond acceptors (Lipinski definition) is 6. The molecule has 0 aliphatic carbocycles. The molecule has 8 nitrogen and oxygen atoms in total. The van der Waals surface area contributed by atoms with E-state index in [1.807, 2.05) is 4.90 Å². The van der Waals surface area contributed by atoms with Gasteiger partial charge in [0.05, 0.1) is 17.8 Å². The van der Waals surface area contributed by atoms with Gasteiger partial charge in [0.25, 0.3) is 5.56 Å². The molecule has 3 rings (SSSR count). The van der Waals surface area contributed by atoms with Crippen LogP contribution in [0.25, 0.3) is 0 Å². The summed E-state index contributed by atoms with van der Waals surface area (Å²) in [6, 6.07) is 2.70. The van der Waals surface area contributed by atoms with Crippen LogP contribution in [0.4, 0.5) is 0 Å². The van der Waals surface area contributed by atoms with Crippen LogP contribution in [0, 0.1) is 6.92 Å². The van der Waals surface area contributed by atoms with Gasteiger partial charge in [0, 0.05) is 19.5 Å². The van der Waals surface area contributed by atoms with Crippen molar-refractivity contribution in [2.75, 3.05) is 6.54 Å². The summed E-state index contributed by atoms with van der Waals surface area (Å²) < 4.78 is 36.0. The van der Waals surface area contributed by atoms with E-state index in [4.69, 9.17) is 8.97 Å². The lowest BCUT2D eigenvalue weighted by atomic mass is 10.1. The maximum absolute atomic E-state index is 12.0. The van der Waals surface area contributed by atoms with Gasteiger partial charge >= 0.3 is 10.1 Å². The number of aromatic nitrogens is 2. The van der Waals surface area contributed by atoms with Crippen molar-refractivity contribution in [3.8, 4) is 0 Å². The maximum Gasteiger partial charge on any atom is 0.328 e. The first-order chi connectivity index (χ1) is 10.3. The second-order valence-corrected chi connectivity index (χ2v) is 6.59. The lowest BCUT2D eigenvalue weighted by Crippen LogP contribution is -2.35. The summed E-state index contributed by atoms with van der Waals surface area (Å²) >= 11 is 0. The van der Waals surface area contributed by atoms with Gasteiger partial charge in [0.2, 0.25) is 5.09 Å². The largest absolute Gasteiger partial charge is 0.446 e. The second-order valence-electron chi connectivity index (χ2n) is 5.23. The van der Waals surface area contributed by atoms with Gasteiger partial charge in [-0.2, -0.15) is 8.42 Å². The maximum atomic E-state index is 12.0. The lowest BCUT2D eigenvalue weighted by molar-refractivity contribution is 0.215. The van der Waals surface area contributed by atoms with Crippen molar-refractivity contribution in [2.45, 2.75) is 31.5 Å². The monoisotopic (exact) mass is 325 g/mol. The van der Waals surface area contributed by atoms with E-state index in [0.717, 1.165) is 5.69 Å². The van der Waals surface area contributed by atoms with E-state index in [2.05, 4.69) is 9.97 Å². The molecular formula is C13H15N3O5S. The van der Waals surface area contributed by atoms with Crippen LogP contribution in [0.15, 0.2) is 26.4 Å². The summed E-state index contributed by atoms with van der Waals surface area (Å²) in [5, 5.41) is -0.477. The van der Waals surface area contributed by atoms with Gasteiger partial charge in [0.15, 0.2) is 0 Å².